The Labute approximate surface area is 85.3 Å². The molecule has 0 bridgehead atoms. The van der Waals surface area contributed by atoms with Crippen LogP contribution in [0.4, 0.5) is 0 Å². The normalized spacial score (nSPS) is 17.8. The Kier molecular flexibility index (Phi) is 1.89. The van der Waals surface area contributed by atoms with Crippen LogP contribution in [0.3, 0.4) is 0 Å². The van der Waals surface area contributed by atoms with Gasteiger partial charge in [-0.2, -0.15) is 0 Å². The quantitative estimate of drug-likeness (QED) is 0.725. The highest BCUT2D eigenvalue weighted by Crippen LogP contribution is 2.43. The lowest BCUT2D eigenvalue weighted by atomic mass is 10.2. The molecular weight excluding hydrogens is 204 g/mol. The molecule has 1 fully saturated rings. The third-order valence-corrected chi connectivity index (χ3v) is 2.81. The lowest BCUT2D eigenvalue weighted by Gasteiger charge is -2.16. The van der Waals surface area contributed by atoms with E-state index < -0.39 is 11.4 Å². The highest BCUT2D eigenvalue weighted by Gasteiger charge is 2.51. The van der Waals surface area contributed by atoms with Crippen LogP contribution in [0.25, 0.3) is 0 Å². The summed E-state index contributed by atoms with van der Waals surface area (Å²) >= 11 is 5.85. The van der Waals surface area contributed by atoms with Gasteiger partial charge >= 0.3 is 0 Å². The van der Waals surface area contributed by atoms with Gasteiger partial charge in [0.15, 0.2) is 0 Å². The number of hydrogen-bond acceptors (Lipinski definition) is 2. The number of rotatable bonds is 2. The molecular formula is C9H9ClN2O2. The van der Waals surface area contributed by atoms with Gasteiger partial charge in [0, 0.05) is 6.07 Å². The Hall–Kier alpha value is -1.29. The van der Waals surface area contributed by atoms with Crippen LogP contribution in [0.2, 0.25) is 5.15 Å². The zero-order chi connectivity index (χ0) is 10.3. The van der Waals surface area contributed by atoms with Crippen LogP contribution in [0, 0.1) is 0 Å². The van der Waals surface area contributed by atoms with E-state index in [0.29, 0.717) is 12.8 Å². The van der Waals surface area contributed by atoms with Crippen LogP contribution in [0.5, 0.6) is 0 Å². The summed E-state index contributed by atoms with van der Waals surface area (Å²) in [4.78, 5) is 22.7. The molecule has 0 saturated heterocycles. The molecule has 2 rings (SSSR count). The number of hydrogen-bond donors (Lipinski definition) is 1. The van der Waals surface area contributed by atoms with Crippen molar-refractivity contribution in [1.29, 1.82) is 0 Å². The van der Waals surface area contributed by atoms with Gasteiger partial charge in [-0.3, -0.25) is 14.2 Å². The molecule has 0 aliphatic heterocycles. The first-order chi connectivity index (χ1) is 6.58. The van der Waals surface area contributed by atoms with E-state index in [2.05, 4.69) is 0 Å². The van der Waals surface area contributed by atoms with E-state index >= 15 is 0 Å². The van der Waals surface area contributed by atoms with Gasteiger partial charge in [-0.05, 0) is 18.9 Å². The van der Waals surface area contributed by atoms with E-state index in [1.165, 1.54) is 10.6 Å². The maximum absolute atomic E-state index is 11.5. The average molecular weight is 213 g/mol. The third kappa shape index (κ3) is 1.14. The van der Waals surface area contributed by atoms with E-state index in [1.54, 1.807) is 12.1 Å². The van der Waals surface area contributed by atoms with Crippen LogP contribution in [0.1, 0.15) is 12.8 Å². The van der Waals surface area contributed by atoms with Crippen LogP contribution in [0.15, 0.2) is 23.0 Å². The molecule has 1 amide bonds. The van der Waals surface area contributed by atoms with E-state index in [9.17, 15) is 9.59 Å². The monoisotopic (exact) mass is 212 g/mol. The van der Waals surface area contributed by atoms with E-state index in [-0.39, 0.29) is 10.7 Å². The summed E-state index contributed by atoms with van der Waals surface area (Å²) in [6, 6.07) is 4.50. The maximum Gasteiger partial charge on any atom is 0.252 e. The minimum Gasteiger partial charge on any atom is -0.368 e. The fourth-order valence-electron chi connectivity index (χ4n) is 1.58. The lowest BCUT2D eigenvalue weighted by Crippen LogP contribution is -2.40. The molecule has 1 saturated carbocycles. The smallest absolute Gasteiger partial charge is 0.252 e. The first-order valence-corrected chi connectivity index (χ1v) is 4.64. The van der Waals surface area contributed by atoms with Crippen molar-refractivity contribution in [3.05, 3.63) is 33.7 Å². The Bertz CT molecular complexity index is 448. The number of carbonyl (C=O) groups is 1. The van der Waals surface area contributed by atoms with Crippen LogP contribution in [-0.2, 0) is 10.3 Å². The second-order valence-corrected chi connectivity index (χ2v) is 3.81. The predicted octanol–water partition coefficient (Wildman–Crippen LogP) is 0.476. The van der Waals surface area contributed by atoms with Crippen molar-refractivity contribution >= 4 is 17.5 Å². The Balaban J connectivity index is 2.63. The summed E-state index contributed by atoms with van der Waals surface area (Å²) in [6.45, 7) is 0. The molecule has 1 aliphatic carbocycles. The van der Waals surface area contributed by atoms with Gasteiger partial charge in [0.25, 0.3) is 5.56 Å². The van der Waals surface area contributed by atoms with Crippen LogP contribution >= 0.6 is 11.6 Å². The van der Waals surface area contributed by atoms with Crippen molar-refractivity contribution in [2.24, 2.45) is 5.73 Å². The molecule has 0 atom stereocenters. The summed E-state index contributed by atoms with van der Waals surface area (Å²) in [5, 5.41) is 0.258. The molecule has 0 spiro atoms. The number of aromatic nitrogens is 1. The van der Waals surface area contributed by atoms with Crippen LogP contribution < -0.4 is 11.3 Å². The molecule has 0 unspecified atom stereocenters. The fraction of sp³-hybridized carbons (Fsp3) is 0.333. The molecule has 0 aromatic carbocycles. The summed E-state index contributed by atoms with van der Waals surface area (Å²) in [5.74, 6) is -0.493. The van der Waals surface area contributed by atoms with Gasteiger partial charge in [-0.25, -0.2) is 0 Å². The molecule has 14 heavy (non-hydrogen) atoms. The molecule has 0 radical (unpaired) electrons. The minimum absolute atomic E-state index is 0.258. The molecule has 5 heteroatoms. The van der Waals surface area contributed by atoms with E-state index in [0.717, 1.165) is 0 Å². The highest BCUT2D eigenvalue weighted by atomic mass is 35.5. The zero-order valence-corrected chi connectivity index (χ0v) is 8.12. The number of primary amides is 1. The van der Waals surface area contributed by atoms with Crippen molar-refractivity contribution in [3.8, 4) is 0 Å². The Morgan fingerprint density at radius 1 is 1.50 bits per heavy atom. The Morgan fingerprint density at radius 3 is 2.57 bits per heavy atom. The fourth-order valence-corrected chi connectivity index (χ4v) is 1.90. The van der Waals surface area contributed by atoms with Crippen molar-refractivity contribution < 1.29 is 4.79 Å². The predicted molar refractivity (Wildman–Crippen MR) is 52.1 cm³/mol. The summed E-state index contributed by atoms with van der Waals surface area (Å²) in [5.41, 5.74) is 4.10. The first kappa shape index (κ1) is 9.27. The molecule has 1 aromatic heterocycles. The second kappa shape index (κ2) is 2.85. The summed E-state index contributed by atoms with van der Waals surface area (Å²) in [7, 11) is 0. The number of nitrogens with two attached hydrogens (primary N) is 1. The molecule has 1 aliphatic rings. The van der Waals surface area contributed by atoms with E-state index in [1.807, 2.05) is 0 Å². The average Bonchev–Trinajstić information content (AvgIpc) is 2.85. The summed E-state index contributed by atoms with van der Waals surface area (Å²) in [6.07, 6.45) is 1.18. The minimum atomic E-state index is -0.866. The number of pyridine rings is 1. The van der Waals surface area contributed by atoms with Crippen LogP contribution in [-0.4, -0.2) is 10.5 Å². The third-order valence-electron chi connectivity index (χ3n) is 2.52. The lowest BCUT2D eigenvalue weighted by molar-refractivity contribution is -0.122. The largest absolute Gasteiger partial charge is 0.368 e. The van der Waals surface area contributed by atoms with Gasteiger partial charge in [0.1, 0.15) is 10.7 Å². The number of nitrogens with zero attached hydrogens (tertiary/aromatic N) is 1. The second-order valence-electron chi connectivity index (χ2n) is 3.42. The van der Waals surface area contributed by atoms with Gasteiger partial charge in [0.2, 0.25) is 5.91 Å². The van der Waals surface area contributed by atoms with Gasteiger partial charge in [-0.1, -0.05) is 17.7 Å². The van der Waals surface area contributed by atoms with Crippen molar-refractivity contribution in [2.45, 2.75) is 18.4 Å². The van der Waals surface area contributed by atoms with Crippen molar-refractivity contribution in [3.63, 3.8) is 0 Å². The molecule has 4 nitrogen and oxygen atoms in total. The van der Waals surface area contributed by atoms with Crippen molar-refractivity contribution in [1.82, 2.24) is 4.57 Å². The SMILES string of the molecule is NC(=O)C1(n2c(Cl)cccc2=O)CC1. The molecule has 2 N–H and O–H groups in total. The molecule has 74 valence electrons. The number of carbonyl (C=O) groups excluding carboxylic acids is 1. The highest BCUT2D eigenvalue weighted by molar-refractivity contribution is 6.29. The maximum atomic E-state index is 11.5. The van der Waals surface area contributed by atoms with E-state index in [4.69, 9.17) is 17.3 Å². The first-order valence-electron chi connectivity index (χ1n) is 4.26. The topological polar surface area (TPSA) is 65.1 Å². The number of amides is 1. The summed E-state index contributed by atoms with van der Waals surface area (Å²) < 4.78 is 1.27. The van der Waals surface area contributed by atoms with Gasteiger partial charge in [0.05, 0.1) is 0 Å². The van der Waals surface area contributed by atoms with Crippen molar-refractivity contribution in [2.75, 3.05) is 0 Å². The number of halogens is 1. The van der Waals surface area contributed by atoms with Gasteiger partial charge in [-0.15, -0.1) is 0 Å². The van der Waals surface area contributed by atoms with Gasteiger partial charge < -0.3 is 5.73 Å². The Morgan fingerprint density at radius 2 is 2.14 bits per heavy atom. The zero-order valence-electron chi connectivity index (χ0n) is 7.37. The molecule has 1 heterocycles. The standard InChI is InChI=1S/C9H9ClN2O2/c10-6-2-1-3-7(13)12(6)9(4-5-9)8(11)14/h1-3H,4-5H2,(H2,11,14). The molecule has 1 aromatic rings.